The fourth-order valence-corrected chi connectivity index (χ4v) is 1.54. The van der Waals surface area contributed by atoms with Crippen LogP contribution in [0, 0.1) is 11.3 Å². The average molecular weight is 158 g/mol. The maximum atomic E-state index is 8.70. The number of nitrogens with one attached hydrogen (secondary N) is 1. The summed E-state index contributed by atoms with van der Waals surface area (Å²) in [6.07, 6.45) is 1.94. The molecule has 1 aliphatic rings. The van der Waals surface area contributed by atoms with Crippen LogP contribution in [0.2, 0.25) is 0 Å². The summed E-state index contributed by atoms with van der Waals surface area (Å²) in [5.41, 5.74) is 2.44. The van der Waals surface area contributed by atoms with Crippen molar-refractivity contribution in [2.45, 2.75) is 18.9 Å². The molecule has 0 saturated heterocycles. The summed E-state index contributed by atoms with van der Waals surface area (Å²) in [5, 5.41) is 11.9. The minimum absolute atomic E-state index is 0.0000926. The van der Waals surface area contributed by atoms with Crippen LogP contribution in [-0.4, -0.2) is 6.04 Å². The fourth-order valence-electron chi connectivity index (χ4n) is 1.54. The Labute approximate surface area is 71.8 Å². The molecule has 0 radical (unpaired) electrons. The van der Waals surface area contributed by atoms with E-state index in [-0.39, 0.29) is 6.04 Å². The van der Waals surface area contributed by atoms with Crippen molar-refractivity contribution in [2.24, 2.45) is 0 Å². The molecule has 1 aliphatic heterocycles. The molecule has 0 spiro atoms. The molecule has 0 aromatic heterocycles. The molecule has 0 saturated carbocycles. The average Bonchev–Trinajstić information content (AvgIpc) is 2.17. The van der Waals surface area contributed by atoms with Gasteiger partial charge in [-0.2, -0.15) is 5.26 Å². The second kappa shape index (κ2) is 2.86. The van der Waals surface area contributed by atoms with Gasteiger partial charge in [-0.15, -0.1) is 0 Å². The Bertz CT molecular complexity index is 325. The number of hydrogen-bond acceptors (Lipinski definition) is 2. The van der Waals surface area contributed by atoms with E-state index in [0.29, 0.717) is 0 Å². The van der Waals surface area contributed by atoms with Crippen molar-refractivity contribution in [1.82, 2.24) is 0 Å². The molecule has 1 atom stereocenters. The third-order valence-corrected chi connectivity index (χ3v) is 2.21. The standard InChI is InChI=1S/C10H10N2/c11-7-9-6-5-8-3-1-2-4-10(8)12-9/h1-4,9,12H,5-6H2/t9-/m1/s1. The van der Waals surface area contributed by atoms with Crippen LogP contribution in [0.1, 0.15) is 12.0 Å². The van der Waals surface area contributed by atoms with Crippen LogP contribution in [0.15, 0.2) is 24.3 Å². The number of para-hydroxylation sites is 1. The summed E-state index contributed by atoms with van der Waals surface area (Å²) >= 11 is 0. The molecule has 1 aromatic rings. The van der Waals surface area contributed by atoms with E-state index in [1.54, 1.807) is 0 Å². The Balaban J connectivity index is 2.30. The minimum atomic E-state index is -0.0000926. The quantitative estimate of drug-likeness (QED) is 0.626. The molecule has 0 fully saturated rings. The highest BCUT2D eigenvalue weighted by molar-refractivity contribution is 5.54. The Hall–Kier alpha value is -1.49. The van der Waals surface area contributed by atoms with Crippen LogP contribution in [-0.2, 0) is 6.42 Å². The van der Waals surface area contributed by atoms with Gasteiger partial charge in [-0.25, -0.2) is 0 Å². The third kappa shape index (κ3) is 1.14. The zero-order valence-corrected chi connectivity index (χ0v) is 6.75. The Morgan fingerprint density at radius 1 is 1.42 bits per heavy atom. The van der Waals surface area contributed by atoms with Gasteiger partial charge >= 0.3 is 0 Å². The molecule has 2 rings (SSSR count). The van der Waals surface area contributed by atoms with E-state index in [9.17, 15) is 0 Å². The summed E-state index contributed by atoms with van der Waals surface area (Å²) in [6.45, 7) is 0. The molecule has 0 unspecified atom stereocenters. The predicted molar refractivity (Wildman–Crippen MR) is 47.8 cm³/mol. The van der Waals surface area contributed by atoms with E-state index in [4.69, 9.17) is 5.26 Å². The number of anilines is 1. The van der Waals surface area contributed by atoms with Crippen LogP contribution >= 0.6 is 0 Å². The number of nitrogens with zero attached hydrogens (tertiary/aromatic N) is 1. The normalized spacial score (nSPS) is 20.4. The summed E-state index contributed by atoms with van der Waals surface area (Å²) in [7, 11) is 0. The van der Waals surface area contributed by atoms with E-state index in [0.717, 1.165) is 18.5 Å². The van der Waals surface area contributed by atoms with Gasteiger partial charge < -0.3 is 5.32 Å². The van der Waals surface area contributed by atoms with Gasteiger partial charge in [0.15, 0.2) is 0 Å². The van der Waals surface area contributed by atoms with E-state index in [1.165, 1.54) is 5.56 Å². The van der Waals surface area contributed by atoms with Gasteiger partial charge in [0, 0.05) is 5.69 Å². The second-order valence-electron chi connectivity index (χ2n) is 3.02. The smallest absolute Gasteiger partial charge is 0.114 e. The van der Waals surface area contributed by atoms with Crippen molar-refractivity contribution in [2.75, 3.05) is 5.32 Å². The van der Waals surface area contributed by atoms with Crippen molar-refractivity contribution in [3.05, 3.63) is 29.8 Å². The first-order valence-corrected chi connectivity index (χ1v) is 4.14. The predicted octanol–water partition coefficient (Wildman–Crippen LogP) is 1.94. The van der Waals surface area contributed by atoms with Crippen LogP contribution in [0.3, 0.4) is 0 Å². The van der Waals surface area contributed by atoms with Crippen LogP contribution < -0.4 is 5.32 Å². The lowest BCUT2D eigenvalue weighted by Gasteiger charge is -2.21. The van der Waals surface area contributed by atoms with Crippen molar-refractivity contribution >= 4 is 5.69 Å². The highest BCUT2D eigenvalue weighted by atomic mass is 14.9. The molecule has 2 heteroatoms. The zero-order chi connectivity index (χ0) is 8.39. The van der Waals surface area contributed by atoms with Gasteiger partial charge in [-0.1, -0.05) is 18.2 Å². The van der Waals surface area contributed by atoms with Crippen LogP contribution in [0.25, 0.3) is 0 Å². The Morgan fingerprint density at radius 3 is 3.08 bits per heavy atom. The number of benzene rings is 1. The highest BCUT2D eigenvalue weighted by Crippen LogP contribution is 2.23. The molecular weight excluding hydrogens is 148 g/mol. The molecule has 60 valence electrons. The Kier molecular flexibility index (Phi) is 1.71. The fraction of sp³-hybridized carbons (Fsp3) is 0.300. The first-order valence-electron chi connectivity index (χ1n) is 4.14. The Morgan fingerprint density at radius 2 is 2.25 bits per heavy atom. The van der Waals surface area contributed by atoms with E-state index < -0.39 is 0 Å². The maximum absolute atomic E-state index is 8.70. The molecule has 12 heavy (non-hydrogen) atoms. The first-order chi connectivity index (χ1) is 5.90. The molecular formula is C10H10N2. The van der Waals surface area contributed by atoms with Crippen molar-refractivity contribution in [3.8, 4) is 6.07 Å². The first kappa shape index (κ1) is 7.17. The molecule has 0 aliphatic carbocycles. The number of rotatable bonds is 0. The van der Waals surface area contributed by atoms with E-state index in [1.807, 2.05) is 18.2 Å². The second-order valence-corrected chi connectivity index (χ2v) is 3.02. The van der Waals surface area contributed by atoms with Crippen LogP contribution in [0.5, 0.6) is 0 Å². The molecule has 0 bridgehead atoms. The van der Waals surface area contributed by atoms with E-state index >= 15 is 0 Å². The third-order valence-electron chi connectivity index (χ3n) is 2.21. The molecule has 0 amide bonds. The zero-order valence-electron chi connectivity index (χ0n) is 6.75. The lowest BCUT2D eigenvalue weighted by atomic mass is 9.99. The van der Waals surface area contributed by atoms with Gasteiger partial charge in [0.1, 0.15) is 6.04 Å². The monoisotopic (exact) mass is 158 g/mol. The van der Waals surface area contributed by atoms with Gasteiger partial charge in [-0.05, 0) is 24.5 Å². The maximum Gasteiger partial charge on any atom is 0.114 e. The van der Waals surface area contributed by atoms with Gasteiger partial charge in [-0.3, -0.25) is 0 Å². The number of nitriles is 1. The number of fused-ring (bicyclic) bond motifs is 1. The molecule has 1 aromatic carbocycles. The van der Waals surface area contributed by atoms with Gasteiger partial charge in [0.05, 0.1) is 6.07 Å². The summed E-state index contributed by atoms with van der Waals surface area (Å²) in [4.78, 5) is 0. The summed E-state index contributed by atoms with van der Waals surface area (Å²) in [5.74, 6) is 0. The van der Waals surface area contributed by atoms with Crippen molar-refractivity contribution in [3.63, 3.8) is 0 Å². The minimum Gasteiger partial charge on any atom is -0.370 e. The molecule has 2 nitrogen and oxygen atoms in total. The molecule has 1 N–H and O–H groups in total. The lowest BCUT2D eigenvalue weighted by Crippen LogP contribution is -2.23. The summed E-state index contributed by atoms with van der Waals surface area (Å²) < 4.78 is 0. The van der Waals surface area contributed by atoms with Crippen LogP contribution in [0.4, 0.5) is 5.69 Å². The number of hydrogen-bond donors (Lipinski definition) is 1. The largest absolute Gasteiger partial charge is 0.370 e. The SMILES string of the molecule is N#C[C@H]1CCc2ccccc2N1. The van der Waals surface area contributed by atoms with Crippen molar-refractivity contribution in [1.29, 1.82) is 5.26 Å². The topological polar surface area (TPSA) is 35.8 Å². The number of aryl methyl sites for hydroxylation is 1. The van der Waals surface area contributed by atoms with Gasteiger partial charge in [0.2, 0.25) is 0 Å². The van der Waals surface area contributed by atoms with Gasteiger partial charge in [0.25, 0.3) is 0 Å². The molecule has 1 heterocycles. The van der Waals surface area contributed by atoms with Crippen molar-refractivity contribution < 1.29 is 0 Å². The van der Waals surface area contributed by atoms with E-state index in [2.05, 4.69) is 17.5 Å². The summed E-state index contributed by atoms with van der Waals surface area (Å²) in [6, 6.07) is 10.4. The highest BCUT2D eigenvalue weighted by Gasteiger charge is 2.15. The lowest BCUT2D eigenvalue weighted by molar-refractivity contribution is 0.740.